The minimum absolute atomic E-state index is 0.0746. The number of carbonyl (C=O) groups excluding carboxylic acids is 1. The molecule has 0 amide bonds. The average Bonchev–Trinajstić information content (AvgIpc) is 2.73. The molecule has 0 fully saturated rings. The summed E-state index contributed by atoms with van der Waals surface area (Å²) in [6, 6.07) is 6.16. The number of aryl methyl sites for hydroxylation is 2. The van der Waals surface area contributed by atoms with Crippen LogP contribution in [0.4, 0.5) is 11.4 Å². The maximum atomic E-state index is 12.9. The normalized spacial score (nSPS) is 13.1. The number of fused-ring (bicyclic) bond motifs is 2. The molecule has 0 spiro atoms. The molecule has 4 rings (SSSR count). The van der Waals surface area contributed by atoms with Crippen molar-refractivity contribution < 1.29 is 14.5 Å². The van der Waals surface area contributed by atoms with Crippen LogP contribution in [-0.4, -0.2) is 27.5 Å². The SMILES string of the molecule is CCOC(=O)c1c(C)nc2nc3c(c(N)c2c1-c1cccc([N+](=O)[O-])c1)CCCC3. The summed E-state index contributed by atoms with van der Waals surface area (Å²) in [5.74, 6) is -0.539. The first-order chi connectivity index (χ1) is 14.4. The quantitative estimate of drug-likeness (QED) is 0.392. The number of rotatable bonds is 4. The van der Waals surface area contributed by atoms with Gasteiger partial charge in [-0.1, -0.05) is 12.1 Å². The van der Waals surface area contributed by atoms with E-state index in [2.05, 4.69) is 4.98 Å². The molecule has 1 aliphatic carbocycles. The van der Waals surface area contributed by atoms with E-state index in [0.717, 1.165) is 36.9 Å². The number of pyridine rings is 2. The average molecular weight is 406 g/mol. The Morgan fingerprint density at radius 2 is 2.03 bits per heavy atom. The number of hydrogen-bond acceptors (Lipinski definition) is 7. The summed E-state index contributed by atoms with van der Waals surface area (Å²) in [5.41, 5.74) is 11.1. The maximum absolute atomic E-state index is 12.9. The first kappa shape index (κ1) is 19.8. The number of hydrogen-bond donors (Lipinski definition) is 1. The lowest BCUT2D eigenvalue weighted by molar-refractivity contribution is -0.384. The highest BCUT2D eigenvalue weighted by atomic mass is 16.6. The molecule has 0 bridgehead atoms. The van der Waals surface area contributed by atoms with Crippen LogP contribution in [0.2, 0.25) is 0 Å². The summed E-state index contributed by atoms with van der Waals surface area (Å²) in [6.45, 7) is 3.63. The van der Waals surface area contributed by atoms with Gasteiger partial charge < -0.3 is 10.5 Å². The molecule has 0 saturated heterocycles. The number of nitrogens with zero attached hydrogens (tertiary/aromatic N) is 3. The van der Waals surface area contributed by atoms with Crippen molar-refractivity contribution in [3.05, 3.63) is 56.9 Å². The summed E-state index contributed by atoms with van der Waals surface area (Å²) < 4.78 is 5.28. The number of aromatic nitrogens is 2. The summed E-state index contributed by atoms with van der Waals surface area (Å²) in [5, 5.41) is 11.9. The molecule has 1 aliphatic rings. The lowest BCUT2D eigenvalue weighted by atomic mass is 9.89. The van der Waals surface area contributed by atoms with E-state index in [1.165, 1.54) is 12.1 Å². The lowest BCUT2D eigenvalue weighted by Crippen LogP contribution is -2.15. The molecule has 1 aromatic carbocycles. The van der Waals surface area contributed by atoms with Crippen molar-refractivity contribution in [2.45, 2.75) is 39.5 Å². The number of nitrogens with two attached hydrogens (primary N) is 1. The minimum Gasteiger partial charge on any atom is -0.462 e. The Balaban J connectivity index is 2.13. The van der Waals surface area contributed by atoms with Crippen LogP contribution in [0.5, 0.6) is 0 Å². The highest BCUT2D eigenvalue weighted by molar-refractivity contribution is 6.11. The predicted octanol–water partition coefficient (Wildman–Crippen LogP) is 4.15. The molecule has 0 unspecified atom stereocenters. The van der Waals surface area contributed by atoms with E-state index in [9.17, 15) is 14.9 Å². The van der Waals surface area contributed by atoms with Gasteiger partial charge >= 0.3 is 5.97 Å². The zero-order chi connectivity index (χ0) is 21.4. The molecule has 2 aromatic heterocycles. The van der Waals surface area contributed by atoms with Gasteiger partial charge in [-0.25, -0.2) is 14.8 Å². The zero-order valence-electron chi connectivity index (χ0n) is 16.9. The van der Waals surface area contributed by atoms with Crippen molar-refractivity contribution in [3.8, 4) is 11.1 Å². The standard InChI is InChI=1S/C22H22N4O4/c1-3-30-22(27)17-12(2)24-21-19(20(23)15-9-4-5-10-16(15)25-21)18(17)13-7-6-8-14(11-13)26(28)29/h6-8,11H,3-5,9-10H2,1-2H3,(H2,23,24,25). The van der Waals surface area contributed by atoms with Crippen LogP contribution in [0.3, 0.4) is 0 Å². The third-order valence-electron chi connectivity index (χ3n) is 5.46. The summed E-state index contributed by atoms with van der Waals surface area (Å²) in [6.07, 6.45) is 3.70. The van der Waals surface area contributed by atoms with Gasteiger partial charge in [0, 0.05) is 29.1 Å². The van der Waals surface area contributed by atoms with Crippen molar-refractivity contribution in [1.29, 1.82) is 0 Å². The van der Waals surface area contributed by atoms with Crippen molar-refractivity contribution in [2.24, 2.45) is 0 Å². The van der Waals surface area contributed by atoms with Crippen LogP contribution in [0.1, 0.15) is 47.1 Å². The zero-order valence-corrected chi connectivity index (χ0v) is 16.9. The molecule has 0 saturated carbocycles. The fourth-order valence-corrected chi connectivity index (χ4v) is 4.12. The van der Waals surface area contributed by atoms with E-state index >= 15 is 0 Å². The van der Waals surface area contributed by atoms with Crippen molar-refractivity contribution >= 4 is 28.4 Å². The fourth-order valence-electron chi connectivity index (χ4n) is 4.12. The number of carbonyl (C=O) groups is 1. The van der Waals surface area contributed by atoms with E-state index in [4.69, 9.17) is 15.5 Å². The largest absolute Gasteiger partial charge is 0.462 e. The first-order valence-electron chi connectivity index (χ1n) is 9.95. The van der Waals surface area contributed by atoms with Crippen LogP contribution in [0, 0.1) is 17.0 Å². The molecule has 8 nitrogen and oxygen atoms in total. The number of nitro benzene ring substituents is 1. The smallest absolute Gasteiger partial charge is 0.340 e. The number of nitrogen functional groups attached to an aromatic ring is 1. The summed E-state index contributed by atoms with van der Waals surface area (Å²) >= 11 is 0. The van der Waals surface area contributed by atoms with Crippen LogP contribution in [0.15, 0.2) is 24.3 Å². The van der Waals surface area contributed by atoms with E-state index in [-0.39, 0.29) is 17.9 Å². The lowest BCUT2D eigenvalue weighted by Gasteiger charge is -2.21. The van der Waals surface area contributed by atoms with Gasteiger partial charge in [-0.2, -0.15) is 0 Å². The van der Waals surface area contributed by atoms with Crippen molar-refractivity contribution in [3.63, 3.8) is 0 Å². The highest BCUT2D eigenvalue weighted by Gasteiger charge is 2.27. The Labute approximate surface area is 173 Å². The Hall–Kier alpha value is -3.55. The second-order valence-corrected chi connectivity index (χ2v) is 7.33. The Morgan fingerprint density at radius 1 is 1.27 bits per heavy atom. The molecule has 3 aromatic rings. The number of esters is 1. The summed E-state index contributed by atoms with van der Waals surface area (Å²) in [7, 11) is 0. The van der Waals surface area contributed by atoms with Gasteiger partial charge in [0.25, 0.3) is 5.69 Å². The molecule has 30 heavy (non-hydrogen) atoms. The molecule has 0 atom stereocenters. The molecular weight excluding hydrogens is 384 g/mol. The molecule has 2 N–H and O–H groups in total. The van der Waals surface area contributed by atoms with E-state index in [1.807, 2.05) is 0 Å². The molecular formula is C22H22N4O4. The monoisotopic (exact) mass is 406 g/mol. The number of anilines is 1. The van der Waals surface area contributed by atoms with E-state index in [0.29, 0.717) is 33.5 Å². The van der Waals surface area contributed by atoms with Crippen molar-refractivity contribution in [2.75, 3.05) is 12.3 Å². The van der Waals surface area contributed by atoms with Gasteiger partial charge in [0.2, 0.25) is 0 Å². The highest BCUT2D eigenvalue weighted by Crippen LogP contribution is 2.40. The van der Waals surface area contributed by atoms with Gasteiger partial charge in [-0.15, -0.1) is 0 Å². The number of non-ortho nitro benzene ring substituents is 1. The molecule has 2 heterocycles. The van der Waals surface area contributed by atoms with Crippen LogP contribution in [0.25, 0.3) is 22.2 Å². The van der Waals surface area contributed by atoms with Gasteiger partial charge in [-0.3, -0.25) is 10.1 Å². The van der Waals surface area contributed by atoms with Crippen molar-refractivity contribution in [1.82, 2.24) is 9.97 Å². The molecule has 8 heteroatoms. The van der Waals surface area contributed by atoms with Gasteiger partial charge in [0.1, 0.15) is 0 Å². The van der Waals surface area contributed by atoms with Crippen LogP contribution in [-0.2, 0) is 17.6 Å². The second kappa shape index (κ2) is 7.70. The Bertz CT molecular complexity index is 1190. The third-order valence-corrected chi connectivity index (χ3v) is 5.46. The van der Waals surface area contributed by atoms with Gasteiger partial charge in [0.15, 0.2) is 5.65 Å². The van der Waals surface area contributed by atoms with Crippen LogP contribution >= 0.6 is 0 Å². The molecule has 154 valence electrons. The fraction of sp³-hybridized carbons (Fsp3) is 0.318. The first-order valence-corrected chi connectivity index (χ1v) is 9.95. The number of ether oxygens (including phenoxy) is 1. The predicted molar refractivity (Wildman–Crippen MR) is 113 cm³/mol. The maximum Gasteiger partial charge on any atom is 0.340 e. The molecule has 0 aliphatic heterocycles. The number of benzene rings is 1. The van der Waals surface area contributed by atoms with Crippen LogP contribution < -0.4 is 5.73 Å². The molecule has 0 radical (unpaired) electrons. The van der Waals surface area contributed by atoms with Gasteiger partial charge in [0.05, 0.1) is 28.2 Å². The van der Waals surface area contributed by atoms with E-state index in [1.54, 1.807) is 26.0 Å². The minimum atomic E-state index is -0.539. The van der Waals surface area contributed by atoms with Gasteiger partial charge in [-0.05, 0) is 50.7 Å². The third kappa shape index (κ3) is 3.24. The summed E-state index contributed by atoms with van der Waals surface area (Å²) in [4.78, 5) is 33.1. The van der Waals surface area contributed by atoms with E-state index < -0.39 is 10.9 Å². The number of nitro groups is 1. The Kier molecular flexibility index (Phi) is 5.07. The Morgan fingerprint density at radius 3 is 2.77 bits per heavy atom. The second-order valence-electron chi connectivity index (χ2n) is 7.33. The topological polar surface area (TPSA) is 121 Å².